The predicted molar refractivity (Wildman–Crippen MR) is 80.2 cm³/mol. The Labute approximate surface area is 123 Å². The lowest BCUT2D eigenvalue weighted by Gasteiger charge is -2.16. The van der Waals surface area contributed by atoms with Crippen LogP contribution in [-0.2, 0) is 4.79 Å². The summed E-state index contributed by atoms with van der Waals surface area (Å²) in [6, 6.07) is 0.0870. The number of nitrogens with one attached hydrogen (secondary N) is 1. The molecule has 20 heavy (non-hydrogen) atoms. The second-order valence-electron chi connectivity index (χ2n) is 5.33. The van der Waals surface area contributed by atoms with E-state index in [1.54, 1.807) is 23.3 Å². The van der Waals surface area contributed by atoms with Gasteiger partial charge in [0.25, 0.3) is 5.56 Å². The molecule has 1 amide bonds. The number of carbonyl (C=O) groups is 1. The van der Waals surface area contributed by atoms with Crippen LogP contribution in [0.1, 0.15) is 44.0 Å². The zero-order valence-electron chi connectivity index (χ0n) is 12.4. The molecule has 1 aliphatic rings. The first-order chi connectivity index (χ1) is 9.43. The monoisotopic (exact) mass is 295 g/mol. The Hall–Kier alpha value is -1.30. The van der Waals surface area contributed by atoms with Gasteiger partial charge in [0.05, 0.1) is 6.04 Å². The minimum atomic E-state index is -0.0849. The molecule has 0 spiro atoms. The highest BCUT2D eigenvalue weighted by atomic mass is 32.2. The summed E-state index contributed by atoms with van der Waals surface area (Å²) in [5.74, 6) is 0.738. The Morgan fingerprint density at radius 2 is 2.25 bits per heavy atom. The Morgan fingerprint density at radius 3 is 2.90 bits per heavy atom. The Bertz CT molecular complexity index is 583. The minimum Gasteiger partial charge on any atom is -0.354 e. The first-order valence-corrected chi connectivity index (χ1v) is 7.94. The molecule has 2 heterocycles. The van der Waals surface area contributed by atoms with E-state index in [-0.39, 0.29) is 23.6 Å². The van der Waals surface area contributed by atoms with Crippen LogP contribution in [0.3, 0.4) is 0 Å². The highest BCUT2D eigenvalue weighted by Crippen LogP contribution is 2.32. The largest absolute Gasteiger partial charge is 0.354 e. The van der Waals surface area contributed by atoms with E-state index >= 15 is 0 Å². The lowest BCUT2D eigenvalue weighted by atomic mass is 10.2. The van der Waals surface area contributed by atoms with Crippen molar-refractivity contribution in [2.75, 3.05) is 5.75 Å². The maximum absolute atomic E-state index is 12.3. The second kappa shape index (κ2) is 5.99. The smallest absolute Gasteiger partial charge is 0.257 e. The molecule has 0 bridgehead atoms. The number of thioether (sulfide) groups is 1. The molecule has 5 nitrogen and oxygen atoms in total. The van der Waals surface area contributed by atoms with Crippen molar-refractivity contribution in [1.29, 1.82) is 0 Å². The van der Waals surface area contributed by atoms with Crippen LogP contribution in [0.4, 0.5) is 0 Å². The zero-order valence-corrected chi connectivity index (χ0v) is 13.2. The van der Waals surface area contributed by atoms with E-state index < -0.39 is 0 Å². The lowest BCUT2D eigenvalue weighted by Crippen LogP contribution is -2.35. The number of carbonyl (C=O) groups excluding carboxylic acids is 1. The normalized spacial score (nSPS) is 18.7. The van der Waals surface area contributed by atoms with Crippen LogP contribution in [0.25, 0.3) is 0 Å². The molecular formula is C14H21N3O2S. The highest BCUT2D eigenvalue weighted by Gasteiger charge is 2.28. The standard InChI is InChI=1S/C14H21N3O2S/c1-5-8(2)15-12(18)6-11-7-20-14-16-10(4)9(3)13(19)17(11)14/h8,11H,5-7H2,1-4H3,(H,15,18)/t8-,11-/m1/s1. The maximum atomic E-state index is 12.3. The molecule has 0 aromatic carbocycles. The first-order valence-electron chi connectivity index (χ1n) is 6.96. The van der Waals surface area contributed by atoms with Gasteiger partial charge in [0.1, 0.15) is 0 Å². The summed E-state index contributed by atoms with van der Waals surface area (Å²) >= 11 is 1.55. The molecule has 2 rings (SSSR count). The fourth-order valence-electron chi connectivity index (χ4n) is 2.17. The van der Waals surface area contributed by atoms with E-state index in [0.717, 1.165) is 23.0 Å². The Balaban J connectivity index is 2.18. The molecule has 2 atom stereocenters. The van der Waals surface area contributed by atoms with E-state index in [4.69, 9.17) is 0 Å². The SMILES string of the molecule is CC[C@@H](C)NC(=O)C[C@@H]1CSc2nc(C)c(C)c(=O)n21. The van der Waals surface area contributed by atoms with Crippen molar-refractivity contribution in [2.24, 2.45) is 0 Å². The molecule has 6 heteroatoms. The number of rotatable bonds is 4. The molecular weight excluding hydrogens is 274 g/mol. The number of fused-ring (bicyclic) bond motifs is 1. The van der Waals surface area contributed by atoms with Crippen LogP contribution in [0, 0.1) is 13.8 Å². The Morgan fingerprint density at radius 1 is 1.55 bits per heavy atom. The zero-order chi connectivity index (χ0) is 14.9. The minimum absolute atomic E-state index is 0.00271. The van der Waals surface area contributed by atoms with Gasteiger partial charge in [-0.2, -0.15) is 0 Å². The van der Waals surface area contributed by atoms with Gasteiger partial charge in [-0.25, -0.2) is 4.98 Å². The summed E-state index contributed by atoms with van der Waals surface area (Å²) in [6.45, 7) is 7.65. The van der Waals surface area contributed by atoms with Crippen LogP contribution >= 0.6 is 11.8 Å². The average Bonchev–Trinajstić information content (AvgIpc) is 2.78. The number of aromatic nitrogens is 2. The third kappa shape index (κ3) is 2.90. The summed E-state index contributed by atoms with van der Waals surface area (Å²) in [5.41, 5.74) is 1.43. The van der Waals surface area contributed by atoms with E-state index in [9.17, 15) is 9.59 Å². The van der Waals surface area contributed by atoms with Crippen molar-refractivity contribution >= 4 is 17.7 Å². The maximum Gasteiger partial charge on any atom is 0.257 e. The number of hydrogen-bond donors (Lipinski definition) is 1. The van der Waals surface area contributed by atoms with E-state index in [1.165, 1.54) is 0 Å². The molecule has 0 aliphatic carbocycles. The number of aryl methyl sites for hydroxylation is 1. The molecule has 0 radical (unpaired) electrons. The van der Waals surface area contributed by atoms with Crippen molar-refractivity contribution in [1.82, 2.24) is 14.9 Å². The number of amides is 1. The number of hydrogen-bond acceptors (Lipinski definition) is 4. The van der Waals surface area contributed by atoms with Gasteiger partial charge < -0.3 is 5.32 Å². The molecule has 1 N–H and O–H groups in total. The summed E-state index contributed by atoms with van der Waals surface area (Å²) in [6.07, 6.45) is 1.25. The van der Waals surface area contributed by atoms with Crippen molar-refractivity contribution in [3.05, 3.63) is 21.6 Å². The van der Waals surface area contributed by atoms with Crippen LogP contribution in [-0.4, -0.2) is 27.3 Å². The fourth-order valence-corrected chi connectivity index (χ4v) is 3.35. The van der Waals surface area contributed by atoms with Crippen molar-refractivity contribution in [3.8, 4) is 0 Å². The molecule has 0 saturated carbocycles. The van der Waals surface area contributed by atoms with Crippen LogP contribution < -0.4 is 10.9 Å². The molecule has 1 aromatic rings. The summed E-state index contributed by atoms with van der Waals surface area (Å²) in [5, 5.41) is 3.68. The van der Waals surface area contributed by atoms with Crippen molar-refractivity contribution in [2.45, 2.75) is 57.8 Å². The third-order valence-electron chi connectivity index (χ3n) is 3.76. The first kappa shape index (κ1) is 15.1. The molecule has 1 aromatic heterocycles. The second-order valence-corrected chi connectivity index (χ2v) is 6.31. The fraction of sp³-hybridized carbons (Fsp3) is 0.643. The summed E-state index contributed by atoms with van der Waals surface area (Å²) < 4.78 is 1.68. The molecule has 0 fully saturated rings. The molecule has 0 saturated heterocycles. The average molecular weight is 295 g/mol. The van der Waals surface area contributed by atoms with Gasteiger partial charge in [0.15, 0.2) is 5.16 Å². The van der Waals surface area contributed by atoms with Gasteiger partial charge in [-0.15, -0.1) is 0 Å². The molecule has 0 unspecified atom stereocenters. The van der Waals surface area contributed by atoms with Gasteiger partial charge in [0.2, 0.25) is 5.91 Å². The van der Waals surface area contributed by atoms with Gasteiger partial charge in [0, 0.05) is 29.5 Å². The summed E-state index contributed by atoms with van der Waals surface area (Å²) in [4.78, 5) is 28.8. The van der Waals surface area contributed by atoms with Gasteiger partial charge >= 0.3 is 0 Å². The van der Waals surface area contributed by atoms with Gasteiger partial charge in [-0.3, -0.25) is 14.2 Å². The van der Waals surface area contributed by atoms with Crippen molar-refractivity contribution in [3.63, 3.8) is 0 Å². The molecule has 1 aliphatic heterocycles. The quantitative estimate of drug-likeness (QED) is 0.861. The number of nitrogens with zero attached hydrogens (tertiary/aromatic N) is 2. The summed E-state index contributed by atoms with van der Waals surface area (Å²) in [7, 11) is 0. The van der Waals surface area contributed by atoms with Crippen LogP contribution in [0.15, 0.2) is 9.95 Å². The highest BCUT2D eigenvalue weighted by molar-refractivity contribution is 7.99. The molecule has 110 valence electrons. The topological polar surface area (TPSA) is 64.0 Å². The third-order valence-corrected chi connectivity index (χ3v) is 4.86. The van der Waals surface area contributed by atoms with Crippen LogP contribution in [0.5, 0.6) is 0 Å². The Kier molecular flexibility index (Phi) is 4.52. The lowest BCUT2D eigenvalue weighted by molar-refractivity contribution is -0.122. The van der Waals surface area contributed by atoms with E-state index in [0.29, 0.717) is 12.0 Å². The van der Waals surface area contributed by atoms with Gasteiger partial charge in [-0.1, -0.05) is 18.7 Å². The van der Waals surface area contributed by atoms with Gasteiger partial charge in [-0.05, 0) is 27.2 Å². The van der Waals surface area contributed by atoms with E-state index in [2.05, 4.69) is 10.3 Å². The van der Waals surface area contributed by atoms with E-state index in [1.807, 2.05) is 20.8 Å². The van der Waals surface area contributed by atoms with Crippen LogP contribution in [0.2, 0.25) is 0 Å². The van der Waals surface area contributed by atoms with Crippen molar-refractivity contribution < 1.29 is 4.79 Å². The predicted octanol–water partition coefficient (Wildman–Crippen LogP) is 1.81.